The standard InChI is InChI=1S/C18H24N2O/c1-2-20(14-15-6-4-3-5-7-15)13-12-18(21)16-8-10-17(19)11-9-16/h3-11,18,21H,2,12-14,19H2,1H3. The van der Waals surface area contributed by atoms with Gasteiger partial charge in [-0.25, -0.2) is 0 Å². The molecule has 0 aliphatic heterocycles. The van der Waals surface area contributed by atoms with Crippen molar-refractivity contribution in [2.45, 2.75) is 26.0 Å². The summed E-state index contributed by atoms with van der Waals surface area (Å²) in [6.07, 6.45) is 0.292. The molecule has 0 saturated heterocycles. The molecular weight excluding hydrogens is 260 g/mol. The van der Waals surface area contributed by atoms with Crippen LogP contribution >= 0.6 is 0 Å². The van der Waals surface area contributed by atoms with Gasteiger partial charge >= 0.3 is 0 Å². The fourth-order valence-corrected chi connectivity index (χ4v) is 2.38. The van der Waals surface area contributed by atoms with Crippen LogP contribution in [0.15, 0.2) is 54.6 Å². The number of rotatable bonds is 7. The molecular formula is C18H24N2O. The fourth-order valence-electron chi connectivity index (χ4n) is 2.38. The Morgan fingerprint density at radius 1 is 1.05 bits per heavy atom. The predicted octanol–water partition coefficient (Wildman–Crippen LogP) is 3.21. The molecule has 3 N–H and O–H groups in total. The molecule has 112 valence electrons. The van der Waals surface area contributed by atoms with Gasteiger partial charge in [-0.3, -0.25) is 4.90 Å². The van der Waals surface area contributed by atoms with Gasteiger partial charge in [0.15, 0.2) is 0 Å². The lowest BCUT2D eigenvalue weighted by molar-refractivity contribution is 0.141. The highest BCUT2D eigenvalue weighted by Crippen LogP contribution is 2.18. The Kier molecular flexibility index (Phi) is 5.78. The van der Waals surface area contributed by atoms with Crippen LogP contribution in [0, 0.1) is 0 Å². The Balaban J connectivity index is 1.86. The third-order valence-electron chi connectivity index (χ3n) is 3.74. The molecule has 2 rings (SSSR count). The highest BCUT2D eigenvalue weighted by Gasteiger charge is 2.10. The number of nitrogen functional groups attached to an aromatic ring is 1. The zero-order valence-electron chi connectivity index (χ0n) is 12.6. The molecule has 2 aromatic rings. The minimum Gasteiger partial charge on any atom is -0.399 e. The number of aliphatic hydroxyl groups excluding tert-OH is 1. The minimum atomic E-state index is -0.435. The third-order valence-corrected chi connectivity index (χ3v) is 3.74. The van der Waals surface area contributed by atoms with Gasteiger partial charge in [-0.1, -0.05) is 49.4 Å². The number of hydrogen-bond acceptors (Lipinski definition) is 3. The summed E-state index contributed by atoms with van der Waals surface area (Å²) in [6.45, 7) is 4.92. The lowest BCUT2D eigenvalue weighted by atomic mass is 10.1. The third kappa shape index (κ3) is 4.88. The lowest BCUT2D eigenvalue weighted by Gasteiger charge is -2.22. The molecule has 21 heavy (non-hydrogen) atoms. The second-order valence-electron chi connectivity index (χ2n) is 5.33. The summed E-state index contributed by atoms with van der Waals surface area (Å²) < 4.78 is 0. The van der Waals surface area contributed by atoms with Gasteiger partial charge in [0, 0.05) is 18.8 Å². The number of anilines is 1. The van der Waals surface area contributed by atoms with E-state index in [1.54, 1.807) is 0 Å². The molecule has 0 amide bonds. The van der Waals surface area contributed by atoms with Crippen molar-refractivity contribution in [1.82, 2.24) is 4.90 Å². The van der Waals surface area contributed by atoms with Gasteiger partial charge in [-0.2, -0.15) is 0 Å². The van der Waals surface area contributed by atoms with Crippen LogP contribution in [0.1, 0.15) is 30.6 Å². The molecule has 2 aromatic carbocycles. The van der Waals surface area contributed by atoms with E-state index in [4.69, 9.17) is 5.73 Å². The van der Waals surface area contributed by atoms with Crippen molar-refractivity contribution in [1.29, 1.82) is 0 Å². The quantitative estimate of drug-likeness (QED) is 0.768. The van der Waals surface area contributed by atoms with E-state index in [2.05, 4.69) is 36.1 Å². The molecule has 0 aliphatic rings. The minimum absolute atomic E-state index is 0.435. The van der Waals surface area contributed by atoms with Crippen LogP contribution in [0.25, 0.3) is 0 Å². The Morgan fingerprint density at radius 3 is 2.33 bits per heavy atom. The van der Waals surface area contributed by atoms with E-state index in [0.29, 0.717) is 0 Å². The van der Waals surface area contributed by atoms with Gasteiger partial charge in [-0.05, 0) is 36.2 Å². The Hall–Kier alpha value is -1.84. The Labute approximate surface area is 127 Å². The molecule has 0 spiro atoms. The van der Waals surface area contributed by atoms with Crippen molar-refractivity contribution >= 4 is 5.69 Å². The van der Waals surface area contributed by atoms with E-state index in [1.807, 2.05) is 30.3 Å². The summed E-state index contributed by atoms with van der Waals surface area (Å²) in [6, 6.07) is 17.9. The molecule has 0 radical (unpaired) electrons. The molecule has 3 heteroatoms. The SMILES string of the molecule is CCN(CCC(O)c1ccc(N)cc1)Cc1ccccc1. The average molecular weight is 284 g/mol. The molecule has 1 unspecified atom stereocenters. The first-order valence-electron chi connectivity index (χ1n) is 7.49. The van der Waals surface area contributed by atoms with E-state index < -0.39 is 6.10 Å². The van der Waals surface area contributed by atoms with Crippen molar-refractivity contribution in [3.8, 4) is 0 Å². The van der Waals surface area contributed by atoms with Crippen molar-refractivity contribution in [3.05, 3.63) is 65.7 Å². The second kappa shape index (κ2) is 7.81. The highest BCUT2D eigenvalue weighted by molar-refractivity contribution is 5.39. The van der Waals surface area contributed by atoms with Gasteiger partial charge < -0.3 is 10.8 Å². The van der Waals surface area contributed by atoms with E-state index in [-0.39, 0.29) is 0 Å². The van der Waals surface area contributed by atoms with Crippen LogP contribution in [0.3, 0.4) is 0 Å². The van der Waals surface area contributed by atoms with Crippen molar-refractivity contribution in [3.63, 3.8) is 0 Å². The highest BCUT2D eigenvalue weighted by atomic mass is 16.3. The van der Waals surface area contributed by atoms with Gasteiger partial charge in [0.2, 0.25) is 0 Å². The lowest BCUT2D eigenvalue weighted by Crippen LogP contribution is -2.25. The largest absolute Gasteiger partial charge is 0.399 e. The number of nitrogens with two attached hydrogens (primary N) is 1. The normalized spacial score (nSPS) is 12.5. The Bertz CT molecular complexity index is 525. The van der Waals surface area contributed by atoms with E-state index in [1.165, 1.54) is 5.56 Å². The topological polar surface area (TPSA) is 49.5 Å². The van der Waals surface area contributed by atoms with Gasteiger partial charge in [-0.15, -0.1) is 0 Å². The van der Waals surface area contributed by atoms with E-state index in [0.717, 1.165) is 37.3 Å². The first-order valence-corrected chi connectivity index (χ1v) is 7.49. The van der Waals surface area contributed by atoms with E-state index in [9.17, 15) is 5.11 Å². The van der Waals surface area contributed by atoms with Crippen LogP contribution in [0.4, 0.5) is 5.69 Å². The average Bonchev–Trinajstić information content (AvgIpc) is 2.52. The first-order chi connectivity index (χ1) is 10.2. The van der Waals surface area contributed by atoms with E-state index >= 15 is 0 Å². The molecule has 0 bridgehead atoms. The molecule has 0 aromatic heterocycles. The summed E-state index contributed by atoms with van der Waals surface area (Å²) in [5.41, 5.74) is 8.63. The number of aliphatic hydroxyl groups is 1. The second-order valence-corrected chi connectivity index (χ2v) is 5.33. The Morgan fingerprint density at radius 2 is 1.71 bits per heavy atom. The maximum atomic E-state index is 10.3. The molecule has 3 nitrogen and oxygen atoms in total. The van der Waals surface area contributed by atoms with Crippen molar-refractivity contribution < 1.29 is 5.11 Å². The fraction of sp³-hybridized carbons (Fsp3) is 0.333. The predicted molar refractivity (Wildman–Crippen MR) is 87.8 cm³/mol. The summed E-state index contributed by atoms with van der Waals surface area (Å²) in [5, 5.41) is 10.3. The van der Waals surface area contributed by atoms with Gasteiger partial charge in [0.25, 0.3) is 0 Å². The summed E-state index contributed by atoms with van der Waals surface area (Å²) in [5.74, 6) is 0. The molecule has 0 fully saturated rings. The van der Waals surface area contributed by atoms with Crippen LogP contribution in [-0.2, 0) is 6.54 Å². The zero-order valence-corrected chi connectivity index (χ0v) is 12.6. The van der Waals surface area contributed by atoms with Gasteiger partial charge in [0.1, 0.15) is 0 Å². The van der Waals surface area contributed by atoms with Crippen molar-refractivity contribution in [2.75, 3.05) is 18.8 Å². The van der Waals surface area contributed by atoms with Gasteiger partial charge in [0.05, 0.1) is 6.10 Å². The van der Waals surface area contributed by atoms with Crippen LogP contribution in [-0.4, -0.2) is 23.1 Å². The van der Waals surface area contributed by atoms with Crippen LogP contribution < -0.4 is 5.73 Å². The van der Waals surface area contributed by atoms with Crippen molar-refractivity contribution in [2.24, 2.45) is 0 Å². The summed E-state index contributed by atoms with van der Waals surface area (Å²) in [7, 11) is 0. The molecule has 1 atom stereocenters. The maximum absolute atomic E-state index is 10.3. The maximum Gasteiger partial charge on any atom is 0.0802 e. The van der Waals surface area contributed by atoms with Crippen LogP contribution in [0.2, 0.25) is 0 Å². The molecule has 0 aliphatic carbocycles. The molecule has 0 heterocycles. The summed E-state index contributed by atoms with van der Waals surface area (Å²) in [4.78, 5) is 2.34. The number of benzene rings is 2. The smallest absolute Gasteiger partial charge is 0.0802 e. The summed E-state index contributed by atoms with van der Waals surface area (Å²) >= 11 is 0. The number of nitrogens with zero attached hydrogens (tertiary/aromatic N) is 1. The molecule has 0 saturated carbocycles. The monoisotopic (exact) mass is 284 g/mol. The van der Waals surface area contributed by atoms with Crippen LogP contribution in [0.5, 0.6) is 0 Å². The number of hydrogen-bond donors (Lipinski definition) is 2. The zero-order chi connectivity index (χ0) is 15.1. The first kappa shape index (κ1) is 15.5.